The van der Waals surface area contributed by atoms with E-state index in [0.717, 1.165) is 6.21 Å². The Bertz CT molecular complexity index is 430. The summed E-state index contributed by atoms with van der Waals surface area (Å²) in [6, 6.07) is 2.89. The van der Waals surface area contributed by atoms with E-state index in [4.69, 9.17) is 14.7 Å². The second-order valence-corrected chi connectivity index (χ2v) is 2.74. The smallest absolute Gasteiger partial charge is 0.323 e. The van der Waals surface area contributed by atoms with Crippen molar-refractivity contribution in [3.8, 4) is 11.5 Å². The van der Waals surface area contributed by atoms with Gasteiger partial charge in [0.05, 0.1) is 30.9 Å². The number of methoxy groups -OCH3 is 2. The van der Waals surface area contributed by atoms with Gasteiger partial charge in [0, 0.05) is 0 Å². The number of oxime groups is 1. The normalized spacial score (nSPS) is 10.4. The summed E-state index contributed by atoms with van der Waals surface area (Å²) in [5, 5.41) is 22.0. The van der Waals surface area contributed by atoms with E-state index in [0.29, 0.717) is 0 Å². The Morgan fingerprint density at radius 2 is 2.12 bits per heavy atom. The summed E-state index contributed by atoms with van der Waals surface area (Å²) in [5.74, 6) is 0.231. The minimum Gasteiger partial charge on any atom is -0.493 e. The number of hydrogen-bond acceptors (Lipinski definition) is 6. The predicted octanol–water partition coefficient (Wildman–Crippen LogP) is 1.42. The molecule has 0 bridgehead atoms. The molecule has 0 aliphatic heterocycles. The summed E-state index contributed by atoms with van der Waals surface area (Å²) < 4.78 is 9.83. The first kappa shape index (κ1) is 11.8. The molecule has 0 aliphatic carbocycles. The van der Waals surface area contributed by atoms with Gasteiger partial charge in [0.25, 0.3) is 0 Å². The molecular formula is C9H10N2O5. The zero-order chi connectivity index (χ0) is 12.1. The number of ether oxygens (including phenoxy) is 2. The highest BCUT2D eigenvalue weighted by molar-refractivity contribution is 5.88. The molecule has 0 saturated carbocycles. The van der Waals surface area contributed by atoms with Gasteiger partial charge in [-0.3, -0.25) is 10.1 Å². The van der Waals surface area contributed by atoms with Crippen molar-refractivity contribution in [1.82, 2.24) is 0 Å². The maximum absolute atomic E-state index is 10.9. The molecule has 0 heterocycles. The lowest BCUT2D eigenvalue weighted by atomic mass is 10.1. The highest BCUT2D eigenvalue weighted by atomic mass is 16.6. The minimum absolute atomic E-state index is 0.00935. The molecular weight excluding hydrogens is 216 g/mol. The second-order valence-electron chi connectivity index (χ2n) is 2.74. The molecule has 1 rings (SSSR count). The highest BCUT2D eigenvalue weighted by Crippen LogP contribution is 2.38. The van der Waals surface area contributed by atoms with E-state index in [2.05, 4.69) is 5.16 Å². The van der Waals surface area contributed by atoms with Gasteiger partial charge in [-0.1, -0.05) is 5.16 Å². The summed E-state index contributed by atoms with van der Waals surface area (Å²) in [5.41, 5.74) is -0.176. The van der Waals surface area contributed by atoms with Crippen LogP contribution >= 0.6 is 0 Å². The Morgan fingerprint density at radius 1 is 1.44 bits per heavy atom. The summed E-state index contributed by atoms with van der Waals surface area (Å²) in [4.78, 5) is 10.2. The Balaban J connectivity index is 3.50. The topological polar surface area (TPSA) is 94.2 Å². The van der Waals surface area contributed by atoms with Crippen LogP contribution in [-0.2, 0) is 0 Å². The quantitative estimate of drug-likeness (QED) is 0.362. The summed E-state index contributed by atoms with van der Waals surface area (Å²) in [6.07, 6.45) is 0.958. The SMILES string of the molecule is COc1ccc(C=NO)c([N+](=O)[O-])c1OC. The number of nitro benzene ring substituents is 1. The van der Waals surface area contributed by atoms with Gasteiger partial charge in [0.1, 0.15) is 0 Å². The summed E-state index contributed by atoms with van der Waals surface area (Å²) in [7, 11) is 2.67. The van der Waals surface area contributed by atoms with Gasteiger partial charge in [-0.15, -0.1) is 0 Å². The van der Waals surface area contributed by atoms with Crippen LogP contribution in [0, 0.1) is 10.1 Å². The zero-order valence-electron chi connectivity index (χ0n) is 8.71. The zero-order valence-corrected chi connectivity index (χ0v) is 8.71. The van der Waals surface area contributed by atoms with Crippen LogP contribution in [0.25, 0.3) is 0 Å². The molecule has 16 heavy (non-hydrogen) atoms. The molecule has 0 saturated heterocycles. The first-order valence-corrected chi connectivity index (χ1v) is 4.22. The van der Waals surface area contributed by atoms with E-state index in [9.17, 15) is 10.1 Å². The Labute approximate surface area is 91.0 Å². The molecule has 0 fully saturated rings. The molecule has 86 valence electrons. The van der Waals surface area contributed by atoms with Gasteiger partial charge in [-0.05, 0) is 12.1 Å². The molecule has 0 unspecified atom stereocenters. The van der Waals surface area contributed by atoms with Crippen molar-refractivity contribution in [3.63, 3.8) is 0 Å². The van der Waals surface area contributed by atoms with Crippen molar-refractivity contribution >= 4 is 11.9 Å². The van der Waals surface area contributed by atoms with Crippen LogP contribution in [0.15, 0.2) is 17.3 Å². The molecule has 1 aromatic carbocycles. The average molecular weight is 226 g/mol. The number of nitrogens with zero attached hydrogens (tertiary/aromatic N) is 2. The molecule has 1 aromatic rings. The van der Waals surface area contributed by atoms with Crippen molar-refractivity contribution in [1.29, 1.82) is 0 Å². The molecule has 0 radical (unpaired) electrons. The van der Waals surface area contributed by atoms with Gasteiger partial charge in [-0.25, -0.2) is 0 Å². The molecule has 0 atom stereocenters. The first-order chi connectivity index (χ1) is 7.65. The van der Waals surface area contributed by atoms with Crippen LogP contribution in [0.3, 0.4) is 0 Å². The standard InChI is InChI=1S/C9H10N2O5/c1-15-7-4-3-6(5-10-12)8(11(13)14)9(7)16-2/h3-5,12H,1-2H3. The van der Waals surface area contributed by atoms with Crippen molar-refractivity contribution in [3.05, 3.63) is 27.8 Å². The third-order valence-corrected chi connectivity index (χ3v) is 1.93. The summed E-state index contributed by atoms with van der Waals surface area (Å²) >= 11 is 0. The average Bonchev–Trinajstić information content (AvgIpc) is 2.28. The molecule has 7 nitrogen and oxygen atoms in total. The maximum atomic E-state index is 10.9. The van der Waals surface area contributed by atoms with Gasteiger partial charge < -0.3 is 14.7 Å². The molecule has 0 amide bonds. The fourth-order valence-electron chi connectivity index (χ4n) is 1.28. The lowest BCUT2D eigenvalue weighted by Gasteiger charge is -2.08. The van der Waals surface area contributed by atoms with E-state index in [1.165, 1.54) is 26.4 Å². The fraction of sp³-hybridized carbons (Fsp3) is 0.222. The van der Waals surface area contributed by atoms with Crippen molar-refractivity contribution in [2.45, 2.75) is 0 Å². The lowest BCUT2D eigenvalue weighted by Crippen LogP contribution is -2.00. The third kappa shape index (κ3) is 2.02. The van der Waals surface area contributed by atoms with Crippen LogP contribution in [0.2, 0.25) is 0 Å². The van der Waals surface area contributed by atoms with Gasteiger partial charge in [0.15, 0.2) is 5.75 Å². The van der Waals surface area contributed by atoms with Crippen LogP contribution in [0.4, 0.5) is 5.69 Å². The molecule has 7 heteroatoms. The van der Waals surface area contributed by atoms with Gasteiger partial charge >= 0.3 is 5.69 Å². The Kier molecular flexibility index (Phi) is 3.65. The Morgan fingerprint density at radius 3 is 2.56 bits per heavy atom. The maximum Gasteiger partial charge on any atom is 0.323 e. The van der Waals surface area contributed by atoms with Crippen LogP contribution in [0.5, 0.6) is 11.5 Å². The van der Waals surface area contributed by atoms with E-state index in [1.807, 2.05) is 0 Å². The predicted molar refractivity (Wildman–Crippen MR) is 55.6 cm³/mol. The molecule has 0 spiro atoms. The largest absolute Gasteiger partial charge is 0.493 e. The number of nitro groups is 1. The van der Waals surface area contributed by atoms with Crippen LogP contribution < -0.4 is 9.47 Å². The minimum atomic E-state index is -0.627. The van der Waals surface area contributed by atoms with E-state index in [-0.39, 0.29) is 22.7 Å². The fourth-order valence-corrected chi connectivity index (χ4v) is 1.28. The van der Waals surface area contributed by atoms with E-state index >= 15 is 0 Å². The molecule has 1 N–H and O–H groups in total. The van der Waals surface area contributed by atoms with Crippen LogP contribution in [-0.4, -0.2) is 30.6 Å². The third-order valence-electron chi connectivity index (χ3n) is 1.93. The summed E-state index contributed by atoms with van der Waals surface area (Å²) in [6.45, 7) is 0. The monoisotopic (exact) mass is 226 g/mol. The number of rotatable bonds is 4. The van der Waals surface area contributed by atoms with E-state index < -0.39 is 4.92 Å². The van der Waals surface area contributed by atoms with Gasteiger partial charge in [-0.2, -0.15) is 0 Å². The first-order valence-electron chi connectivity index (χ1n) is 4.22. The Hall–Kier alpha value is -2.31. The number of hydrogen-bond donors (Lipinski definition) is 1. The lowest BCUT2D eigenvalue weighted by molar-refractivity contribution is -0.386. The highest BCUT2D eigenvalue weighted by Gasteiger charge is 2.24. The van der Waals surface area contributed by atoms with Crippen molar-refractivity contribution in [2.24, 2.45) is 5.16 Å². The molecule has 0 aliphatic rings. The molecule has 0 aromatic heterocycles. The number of benzene rings is 1. The van der Waals surface area contributed by atoms with Gasteiger partial charge in [0.2, 0.25) is 5.75 Å². The van der Waals surface area contributed by atoms with Crippen molar-refractivity contribution in [2.75, 3.05) is 14.2 Å². The second kappa shape index (κ2) is 4.96. The van der Waals surface area contributed by atoms with Crippen molar-refractivity contribution < 1.29 is 19.6 Å². The van der Waals surface area contributed by atoms with E-state index in [1.54, 1.807) is 0 Å². The van der Waals surface area contributed by atoms with Crippen LogP contribution in [0.1, 0.15) is 5.56 Å².